The van der Waals surface area contributed by atoms with Crippen molar-refractivity contribution < 1.29 is 0 Å². The van der Waals surface area contributed by atoms with Gasteiger partial charge in [0, 0.05) is 34.1 Å². The van der Waals surface area contributed by atoms with Crippen LogP contribution in [0.1, 0.15) is 42.9 Å². The topological polar surface area (TPSA) is 29.9 Å². The van der Waals surface area contributed by atoms with Gasteiger partial charge in [-0.3, -0.25) is 4.68 Å². The lowest BCUT2D eigenvalue weighted by molar-refractivity contribution is 0.469. The Hall–Kier alpha value is -0.650. The number of thiophene rings is 1. The van der Waals surface area contributed by atoms with Gasteiger partial charge in [0.2, 0.25) is 0 Å². The molecule has 0 amide bonds. The zero-order valence-electron chi connectivity index (χ0n) is 11.6. The third kappa shape index (κ3) is 3.46. The van der Waals surface area contributed by atoms with Gasteiger partial charge in [0.1, 0.15) is 0 Å². The van der Waals surface area contributed by atoms with Gasteiger partial charge in [-0.25, -0.2) is 0 Å². The summed E-state index contributed by atoms with van der Waals surface area (Å²) in [6.45, 7) is 4.38. The van der Waals surface area contributed by atoms with Crippen LogP contribution in [0.2, 0.25) is 0 Å². The highest BCUT2D eigenvalue weighted by molar-refractivity contribution is 9.10. The van der Waals surface area contributed by atoms with E-state index in [1.165, 1.54) is 9.35 Å². The first-order valence-electron chi connectivity index (χ1n) is 6.59. The van der Waals surface area contributed by atoms with Crippen molar-refractivity contribution in [2.45, 2.75) is 38.8 Å². The maximum Gasteiger partial charge on any atom is 0.0644 e. The maximum absolute atomic E-state index is 4.67. The monoisotopic (exact) mass is 341 g/mol. The molecule has 0 aliphatic rings. The number of likely N-dealkylation sites (N-methyl/N-ethyl adjacent to an activating group) is 1. The Morgan fingerprint density at radius 3 is 2.84 bits per heavy atom. The Morgan fingerprint density at radius 1 is 1.47 bits per heavy atom. The van der Waals surface area contributed by atoms with E-state index in [0.717, 1.165) is 18.5 Å². The molecule has 5 heteroatoms. The van der Waals surface area contributed by atoms with Crippen molar-refractivity contribution in [2.24, 2.45) is 0 Å². The molecule has 2 unspecified atom stereocenters. The highest BCUT2D eigenvalue weighted by Crippen LogP contribution is 2.30. The first kappa shape index (κ1) is 14.8. The van der Waals surface area contributed by atoms with Crippen molar-refractivity contribution in [2.75, 3.05) is 7.05 Å². The fourth-order valence-corrected chi connectivity index (χ4v) is 3.77. The molecule has 0 aromatic carbocycles. The molecule has 2 aromatic heterocycles. The van der Waals surface area contributed by atoms with Gasteiger partial charge in [-0.15, -0.1) is 11.3 Å². The van der Waals surface area contributed by atoms with E-state index in [2.05, 4.69) is 68.6 Å². The predicted octanol–water partition coefficient (Wildman–Crippen LogP) is 4.18. The SMILES string of the molecule is CCC(C)n1ccc(CC(NC)c2sccc2Br)n1. The van der Waals surface area contributed by atoms with E-state index in [0.29, 0.717) is 12.1 Å². The number of hydrogen-bond donors (Lipinski definition) is 1. The van der Waals surface area contributed by atoms with E-state index >= 15 is 0 Å². The maximum atomic E-state index is 4.67. The minimum atomic E-state index is 0.314. The van der Waals surface area contributed by atoms with Gasteiger partial charge < -0.3 is 5.32 Å². The fraction of sp³-hybridized carbons (Fsp3) is 0.500. The average molecular weight is 342 g/mol. The Morgan fingerprint density at radius 2 is 2.26 bits per heavy atom. The van der Waals surface area contributed by atoms with Gasteiger partial charge in [0.25, 0.3) is 0 Å². The van der Waals surface area contributed by atoms with Crippen LogP contribution in [0.5, 0.6) is 0 Å². The second kappa shape index (κ2) is 6.68. The summed E-state index contributed by atoms with van der Waals surface area (Å²) in [4.78, 5) is 1.33. The summed E-state index contributed by atoms with van der Waals surface area (Å²) in [5, 5.41) is 10.2. The van der Waals surface area contributed by atoms with Crippen molar-refractivity contribution in [1.82, 2.24) is 15.1 Å². The molecule has 0 radical (unpaired) electrons. The molecule has 0 aliphatic carbocycles. The smallest absolute Gasteiger partial charge is 0.0644 e. The molecule has 19 heavy (non-hydrogen) atoms. The summed E-state index contributed by atoms with van der Waals surface area (Å²) >= 11 is 5.38. The number of rotatable bonds is 6. The lowest BCUT2D eigenvalue weighted by atomic mass is 10.1. The van der Waals surface area contributed by atoms with E-state index in [1.54, 1.807) is 11.3 Å². The van der Waals surface area contributed by atoms with Crippen molar-refractivity contribution in [3.05, 3.63) is 38.8 Å². The van der Waals surface area contributed by atoms with E-state index in [4.69, 9.17) is 0 Å². The molecule has 0 spiro atoms. The van der Waals surface area contributed by atoms with Crippen molar-refractivity contribution in [1.29, 1.82) is 0 Å². The average Bonchev–Trinajstić information content (AvgIpc) is 3.04. The van der Waals surface area contributed by atoms with E-state index in [-0.39, 0.29) is 0 Å². The third-order valence-corrected chi connectivity index (χ3v) is 5.41. The lowest BCUT2D eigenvalue weighted by Gasteiger charge is -2.14. The van der Waals surface area contributed by atoms with Gasteiger partial charge in [-0.2, -0.15) is 5.10 Å². The van der Waals surface area contributed by atoms with Crippen LogP contribution in [-0.4, -0.2) is 16.8 Å². The van der Waals surface area contributed by atoms with Crippen LogP contribution >= 0.6 is 27.3 Å². The first-order valence-corrected chi connectivity index (χ1v) is 8.27. The summed E-state index contributed by atoms with van der Waals surface area (Å²) < 4.78 is 3.24. The molecule has 2 heterocycles. The zero-order valence-corrected chi connectivity index (χ0v) is 14.0. The molecule has 2 atom stereocenters. The van der Waals surface area contributed by atoms with E-state index < -0.39 is 0 Å². The van der Waals surface area contributed by atoms with Crippen molar-refractivity contribution in [3.8, 4) is 0 Å². The van der Waals surface area contributed by atoms with Crippen LogP contribution in [0.4, 0.5) is 0 Å². The molecule has 1 N–H and O–H groups in total. The number of aromatic nitrogens is 2. The molecule has 104 valence electrons. The van der Waals surface area contributed by atoms with Crippen LogP contribution in [0.3, 0.4) is 0 Å². The minimum absolute atomic E-state index is 0.314. The van der Waals surface area contributed by atoms with Gasteiger partial charge in [-0.1, -0.05) is 6.92 Å². The van der Waals surface area contributed by atoms with E-state index in [1.807, 2.05) is 7.05 Å². The molecule has 0 saturated carbocycles. The summed E-state index contributed by atoms with van der Waals surface area (Å²) in [5.41, 5.74) is 1.14. The number of nitrogens with one attached hydrogen (secondary N) is 1. The molecule has 0 saturated heterocycles. The lowest BCUT2D eigenvalue weighted by Crippen LogP contribution is -2.18. The summed E-state index contributed by atoms with van der Waals surface area (Å²) in [6.07, 6.45) is 4.10. The Labute approximate surface area is 127 Å². The predicted molar refractivity (Wildman–Crippen MR) is 84.8 cm³/mol. The summed E-state index contributed by atoms with van der Waals surface area (Å²) in [7, 11) is 2.00. The number of halogens is 1. The van der Waals surface area contributed by atoms with Crippen LogP contribution in [0.15, 0.2) is 28.2 Å². The normalized spacial score (nSPS) is 14.5. The zero-order chi connectivity index (χ0) is 13.8. The third-order valence-electron chi connectivity index (χ3n) is 3.43. The van der Waals surface area contributed by atoms with Gasteiger partial charge >= 0.3 is 0 Å². The largest absolute Gasteiger partial charge is 0.312 e. The molecule has 0 bridgehead atoms. The number of nitrogens with zero attached hydrogens (tertiary/aromatic N) is 2. The van der Waals surface area contributed by atoms with Crippen molar-refractivity contribution >= 4 is 27.3 Å². The summed E-state index contributed by atoms with van der Waals surface area (Å²) in [6, 6.07) is 5.00. The first-order chi connectivity index (χ1) is 9.15. The highest BCUT2D eigenvalue weighted by Gasteiger charge is 2.16. The Balaban J connectivity index is 2.11. The van der Waals surface area contributed by atoms with Crippen molar-refractivity contribution in [3.63, 3.8) is 0 Å². The quantitative estimate of drug-likeness (QED) is 0.853. The molecular weight excluding hydrogens is 322 g/mol. The molecule has 3 nitrogen and oxygen atoms in total. The van der Waals surface area contributed by atoms with Gasteiger partial charge in [-0.05, 0) is 53.8 Å². The Bertz CT molecular complexity index is 520. The molecule has 2 rings (SSSR count). The molecule has 2 aromatic rings. The summed E-state index contributed by atoms with van der Waals surface area (Å²) in [5.74, 6) is 0. The standard InChI is InChI=1S/C14H20BrN3S/c1-4-10(2)18-7-5-11(17-18)9-13(16-3)14-12(15)6-8-19-14/h5-8,10,13,16H,4,9H2,1-3H3. The molecule has 0 aliphatic heterocycles. The number of hydrogen-bond acceptors (Lipinski definition) is 3. The highest BCUT2D eigenvalue weighted by atomic mass is 79.9. The molecule has 0 fully saturated rings. The van der Waals surface area contributed by atoms with Gasteiger partial charge in [0.15, 0.2) is 0 Å². The minimum Gasteiger partial charge on any atom is -0.312 e. The van der Waals surface area contributed by atoms with Crippen LogP contribution < -0.4 is 5.32 Å². The van der Waals surface area contributed by atoms with Crippen LogP contribution in [-0.2, 0) is 6.42 Å². The van der Waals surface area contributed by atoms with E-state index in [9.17, 15) is 0 Å². The Kier molecular flexibility index (Phi) is 5.19. The second-order valence-electron chi connectivity index (χ2n) is 4.72. The van der Waals surface area contributed by atoms with Crippen LogP contribution in [0, 0.1) is 0 Å². The molecular formula is C14H20BrN3S. The van der Waals surface area contributed by atoms with Gasteiger partial charge in [0.05, 0.1) is 5.69 Å². The fourth-order valence-electron chi connectivity index (χ4n) is 2.01. The second-order valence-corrected chi connectivity index (χ2v) is 6.52. The van der Waals surface area contributed by atoms with Crippen LogP contribution in [0.25, 0.3) is 0 Å².